The van der Waals surface area contributed by atoms with Gasteiger partial charge in [0.05, 0.1) is 27.6 Å². The van der Waals surface area contributed by atoms with Crippen LogP contribution in [0.2, 0.25) is 0 Å². The number of aromatic nitrogens is 4. The highest BCUT2D eigenvalue weighted by molar-refractivity contribution is 6.35. The molecule has 4 aromatic heterocycles. The minimum absolute atomic E-state index is 0.832. The fourth-order valence-corrected chi connectivity index (χ4v) is 8.83. The highest BCUT2D eigenvalue weighted by Gasteiger charge is 2.26. The van der Waals surface area contributed by atoms with Crippen LogP contribution in [0.5, 0.6) is 0 Å². The minimum Gasteiger partial charge on any atom is -0.308 e. The summed E-state index contributed by atoms with van der Waals surface area (Å²) in [5.74, 6) is 0.832. The van der Waals surface area contributed by atoms with E-state index in [1.165, 1.54) is 70.8 Å². The van der Waals surface area contributed by atoms with Crippen LogP contribution in [0.4, 0.5) is 0 Å². The fraction of sp³-hybridized carbons (Fsp3) is 0. The Morgan fingerprint density at radius 1 is 0.346 bits per heavy atom. The van der Waals surface area contributed by atoms with E-state index in [-0.39, 0.29) is 0 Å². The Morgan fingerprint density at radius 2 is 0.923 bits per heavy atom. The van der Waals surface area contributed by atoms with E-state index in [1.54, 1.807) is 0 Å². The molecule has 52 heavy (non-hydrogen) atoms. The Hall–Kier alpha value is -7.04. The first-order valence-electron chi connectivity index (χ1n) is 17.8. The topological polar surface area (TPSA) is 35.1 Å². The van der Waals surface area contributed by atoms with Crippen molar-refractivity contribution in [2.75, 3.05) is 0 Å². The van der Waals surface area contributed by atoms with Crippen LogP contribution < -0.4 is 0 Å². The molecule has 12 rings (SSSR count). The molecular formula is C48H28N4. The number of para-hydroxylation sites is 2. The summed E-state index contributed by atoms with van der Waals surface area (Å²) in [4.78, 5) is 0. The molecule has 0 unspecified atom stereocenters. The summed E-state index contributed by atoms with van der Waals surface area (Å²) in [6.07, 6.45) is 0. The van der Waals surface area contributed by atoms with Gasteiger partial charge in [-0.15, -0.1) is 10.2 Å². The zero-order valence-electron chi connectivity index (χ0n) is 28.0. The number of fused-ring (bicyclic) bond motifs is 12. The van der Waals surface area contributed by atoms with Crippen molar-refractivity contribution in [1.82, 2.24) is 19.2 Å². The second kappa shape index (κ2) is 10.3. The lowest BCUT2D eigenvalue weighted by molar-refractivity contribution is 0.978. The second-order valence-electron chi connectivity index (χ2n) is 13.8. The third-order valence-corrected chi connectivity index (χ3v) is 11.1. The van der Waals surface area contributed by atoms with Gasteiger partial charge < -0.3 is 4.40 Å². The van der Waals surface area contributed by atoms with Gasteiger partial charge in [0, 0.05) is 48.7 Å². The van der Waals surface area contributed by atoms with Crippen LogP contribution in [0.25, 0.3) is 110 Å². The molecule has 0 N–H and O–H groups in total. The van der Waals surface area contributed by atoms with E-state index in [9.17, 15) is 0 Å². The van der Waals surface area contributed by atoms with E-state index in [0.29, 0.717) is 0 Å². The molecule has 0 fully saturated rings. The number of nitrogens with zero attached hydrogens (tertiary/aromatic N) is 4. The van der Waals surface area contributed by atoms with Crippen molar-refractivity contribution in [3.63, 3.8) is 0 Å². The lowest BCUT2D eigenvalue weighted by Gasteiger charge is -2.13. The third kappa shape index (κ3) is 3.65. The van der Waals surface area contributed by atoms with E-state index in [0.717, 1.165) is 38.9 Å². The first-order valence-corrected chi connectivity index (χ1v) is 17.8. The summed E-state index contributed by atoms with van der Waals surface area (Å²) in [7, 11) is 0. The van der Waals surface area contributed by atoms with Crippen LogP contribution in [0.3, 0.4) is 0 Å². The van der Waals surface area contributed by atoms with Crippen molar-refractivity contribution in [3.8, 4) is 28.2 Å². The molecule has 0 bridgehead atoms. The van der Waals surface area contributed by atoms with Crippen molar-refractivity contribution < 1.29 is 0 Å². The quantitative estimate of drug-likeness (QED) is 0.189. The smallest absolute Gasteiger partial charge is 0.168 e. The van der Waals surface area contributed by atoms with Crippen LogP contribution in [0.1, 0.15) is 0 Å². The predicted molar refractivity (Wildman–Crippen MR) is 217 cm³/mol. The van der Waals surface area contributed by atoms with Crippen molar-refractivity contribution in [1.29, 1.82) is 0 Å². The lowest BCUT2D eigenvalue weighted by atomic mass is 10.0. The van der Waals surface area contributed by atoms with Crippen molar-refractivity contribution >= 4 is 81.4 Å². The molecule has 0 saturated heterocycles. The van der Waals surface area contributed by atoms with E-state index in [2.05, 4.69) is 179 Å². The van der Waals surface area contributed by atoms with Crippen LogP contribution >= 0.6 is 0 Å². The Labute approximate surface area is 297 Å². The number of hydrogen-bond acceptors (Lipinski definition) is 2. The molecule has 0 aliphatic heterocycles. The van der Waals surface area contributed by atoms with Crippen LogP contribution in [-0.4, -0.2) is 19.2 Å². The summed E-state index contributed by atoms with van der Waals surface area (Å²) < 4.78 is 4.86. The van der Waals surface area contributed by atoms with E-state index in [1.807, 2.05) is 0 Å². The Kier molecular flexibility index (Phi) is 5.47. The van der Waals surface area contributed by atoms with Gasteiger partial charge in [0.15, 0.2) is 5.82 Å². The molecule has 0 atom stereocenters. The molecule has 0 aliphatic carbocycles. The monoisotopic (exact) mass is 660 g/mol. The van der Waals surface area contributed by atoms with E-state index >= 15 is 0 Å². The van der Waals surface area contributed by atoms with Gasteiger partial charge in [-0.25, -0.2) is 0 Å². The molecule has 0 aliphatic rings. The van der Waals surface area contributed by atoms with E-state index in [4.69, 9.17) is 10.2 Å². The maximum Gasteiger partial charge on any atom is 0.168 e. The summed E-state index contributed by atoms with van der Waals surface area (Å²) in [5, 5.41) is 22.2. The Bertz CT molecular complexity index is 3390. The van der Waals surface area contributed by atoms with Gasteiger partial charge in [-0.05, 0) is 52.2 Å². The molecule has 4 nitrogen and oxygen atoms in total. The summed E-state index contributed by atoms with van der Waals surface area (Å²) in [6.45, 7) is 0. The summed E-state index contributed by atoms with van der Waals surface area (Å²) in [6, 6.07) is 61.2. The van der Waals surface area contributed by atoms with Gasteiger partial charge in [0.2, 0.25) is 0 Å². The number of rotatable bonds is 3. The van der Waals surface area contributed by atoms with Gasteiger partial charge in [-0.3, -0.25) is 4.57 Å². The Balaban J connectivity index is 1.21. The fourth-order valence-electron chi connectivity index (χ4n) is 8.83. The molecule has 240 valence electrons. The molecule has 12 aromatic rings. The van der Waals surface area contributed by atoms with Gasteiger partial charge >= 0.3 is 0 Å². The number of hydrogen-bond donors (Lipinski definition) is 0. The van der Waals surface area contributed by atoms with Gasteiger partial charge in [0.1, 0.15) is 5.69 Å². The zero-order valence-corrected chi connectivity index (χ0v) is 28.0. The van der Waals surface area contributed by atoms with Gasteiger partial charge in [0.25, 0.3) is 0 Å². The standard InChI is InChI=1S/C48H28N4/c1-2-12-29(13-3-1)30-22-24-31(25-23-30)45-36-18-6-7-19-37(36)48(50-49-45)52-42-21-11-9-17-35(42)39-28-38-34-16-8-10-20-41(34)51-43-27-33-15-5-4-14-32(33)26-40(43)44(46(38)51)47(39)52/h1-28H. The van der Waals surface area contributed by atoms with Crippen molar-refractivity contribution in [2.24, 2.45) is 0 Å². The number of benzene rings is 8. The normalized spacial score (nSPS) is 12.2. The van der Waals surface area contributed by atoms with Gasteiger partial charge in [-0.2, -0.15) is 0 Å². The highest BCUT2D eigenvalue weighted by atomic mass is 15.2. The Morgan fingerprint density at radius 3 is 1.71 bits per heavy atom. The maximum absolute atomic E-state index is 5.13. The third-order valence-electron chi connectivity index (χ3n) is 11.1. The first kappa shape index (κ1) is 27.7. The largest absolute Gasteiger partial charge is 0.308 e. The molecule has 0 amide bonds. The second-order valence-corrected chi connectivity index (χ2v) is 13.8. The highest BCUT2D eigenvalue weighted by Crippen LogP contribution is 2.47. The molecular weight excluding hydrogens is 633 g/mol. The molecule has 8 aromatic carbocycles. The maximum atomic E-state index is 5.13. The minimum atomic E-state index is 0.832. The average Bonchev–Trinajstić information content (AvgIpc) is 3.84. The van der Waals surface area contributed by atoms with Crippen molar-refractivity contribution in [3.05, 3.63) is 170 Å². The molecule has 0 radical (unpaired) electrons. The lowest BCUT2D eigenvalue weighted by Crippen LogP contribution is -2.02. The van der Waals surface area contributed by atoms with Gasteiger partial charge in [-0.1, -0.05) is 140 Å². The zero-order chi connectivity index (χ0) is 33.9. The summed E-state index contributed by atoms with van der Waals surface area (Å²) >= 11 is 0. The average molecular weight is 661 g/mol. The molecule has 4 heteroatoms. The van der Waals surface area contributed by atoms with Crippen LogP contribution in [0.15, 0.2) is 170 Å². The SMILES string of the molecule is c1ccc(-c2ccc(-c3nnc(-n4c5ccccc5c5cc6c7ccccc7n7c8cc9ccccc9cc8c(c54)c67)c4ccccc34)cc2)cc1. The molecule has 4 heterocycles. The summed E-state index contributed by atoms with van der Waals surface area (Å²) in [5.41, 5.74) is 10.3. The van der Waals surface area contributed by atoms with Crippen LogP contribution in [-0.2, 0) is 0 Å². The van der Waals surface area contributed by atoms with Crippen LogP contribution in [0, 0.1) is 0 Å². The molecule has 0 spiro atoms. The first-order chi connectivity index (χ1) is 25.8. The van der Waals surface area contributed by atoms with Crippen molar-refractivity contribution in [2.45, 2.75) is 0 Å². The predicted octanol–water partition coefficient (Wildman–Crippen LogP) is 12.4. The van der Waals surface area contributed by atoms with E-state index < -0.39 is 0 Å². The molecule has 0 saturated carbocycles.